The molecule has 32 heavy (non-hydrogen) atoms. The fourth-order valence-electron chi connectivity index (χ4n) is 3.84. The molecule has 2 aliphatic rings. The highest BCUT2D eigenvalue weighted by atomic mass is 19.4. The maximum Gasteiger partial charge on any atom is 0.420 e. The van der Waals surface area contributed by atoms with Crippen molar-refractivity contribution in [2.45, 2.75) is 31.0 Å². The van der Waals surface area contributed by atoms with Gasteiger partial charge in [0.15, 0.2) is 5.69 Å². The molecule has 0 radical (unpaired) electrons. The number of halogens is 3. The van der Waals surface area contributed by atoms with Crippen molar-refractivity contribution >= 4 is 11.8 Å². The predicted octanol–water partition coefficient (Wildman–Crippen LogP) is 1.43. The fraction of sp³-hybridized carbons (Fsp3) is 0.381. The minimum atomic E-state index is -4.85. The van der Waals surface area contributed by atoms with E-state index in [-0.39, 0.29) is 30.2 Å². The van der Waals surface area contributed by atoms with Crippen LogP contribution in [0.25, 0.3) is 5.69 Å². The van der Waals surface area contributed by atoms with Gasteiger partial charge >= 0.3 is 6.18 Å². The number of nitrogens with two attached hydrogens (primary N) is 1. The molecule has 0 bridgehead atoms. The number of benzene rings is 1. The zero-order valence-corrected chi connectivity index (χ0v) is 17.2. The van der Waals surface area contributed by atoms with E-state index in [9.17, 15) is 27.9 Å². The molecular weight excluding hydrogens is 429 g/mol. The summed E-state index contributed by atoms with van der Waals surface area (Å²) in [4.78, 5) is 25.2. The van der Waals surface area contributed by atoms with Gasteiger partial charge in [-0.05, 0) is 18.2 Å². The topological polar surface area (TPSA) is 111 Å². The Hall–Kier alpha value is -3.52. The lowest BCUT2D eigenvalue weighted by atomic mass is 10.0. The highest BCUT2D eigenvalue weighted by molar-refractivity contribution is 5.93. The first-order valence-corrected chi connectivity index (χ1v) is 9.70. The van der Waals surface area contributed by atoms with Crippen LogP contribution < -0.4 is 10.5 Å². The van der Waals surface area contributed by atoms with Crippen molar-refractivity contribution in [2.75, 3.05) is 20.2 Å². The van der Waals surface area contributed by atoms with Crippen LogP contribution in [-0.4, -0.2) is 57.4 Å². The lowest BCUT2D eigenvalue weighted by Crippen LogP contribution is -2.37. The van der Waals surface area contributed by atoms with Crippen LogP contribution >= 0.6 is 0 Å². The predicted molar refractivity (Wildman–Crippen MR) is 105 cm³/mol. The number of carbonyl (C=O) groups excluding carboxylic acids is 2. The molecule has 11 heteroatoms. The van der Waals surface area contributed by atoms with E-state index in [1.54, 1.807) is 13.1 Å². The number of likely N-dealkylation sites (N-methyl/N-ethyl adjacent to an activating group) is 1. The molecule has 2 atom stereocenters. The molecule has 1 aromatic carbocycles. The number of nitrogens with zero attached hydrogens (tertiary/aromatic N) is 3. The van der Waals surface area contributed by atoms with E-state index in [0.717, 1.165) is 4.68 Å². The third-order valence-corrected chi connectivity index (χ3v) is 5.50. The summed E-state index contributed by atoms with van der Waals surface area (Å²) in [6, 6.07) is 4.48. The standard InChI is InChI=1S/C21H19F3N4O4/c1-11-10-32-14-4-3-12(5-6-20(31)7-8-27(2)19(20)30)9-13(14)28-17(11)15(21(22,23)24)16(26-28)18(25)29/h3-4,9,11,31H,7-8,10H2,1-2H3,(H2,25,29). The summed E-state index contributed by atoms with van der Waals surface area (Å²) in [6.45, 7) is 1.80. The number of carbonyl (C=O) groups is 2. The second-order valence-corrected chi connectivity index (χ2v) is 7.86. The van der Waals surface area contributed by atoms with E-state index in [1.807, 2.05) is 0 Å². The van der Waals surface area contributed by atoms with E-state index >= 15 is 0 Å². The third-order valence-electron chi connectivity index (χ3n) is 5.50. The first-order valence-electron chi connectivity index (χ1n) is 9.70. The van der Waals surface area contributed by atoms with Gasteiger partial charge < -0.3 is 20.5 Å². The molecule has 1 saturated heterocycles. The number of ether oxygens (including phenoxy) is 1. The van der Waals surface area contributed by atoms with Gasteiger partial charge in [0.05, 0.1) is 12.3 Å². The molecule has 3 N–H and O–H groups in total. The van der Waals surface area contributed by atoms with Crippen LogP contribution in [0.15, 0.2) is 18.2 Å². The molecule has 2 aromatic rings. The monoisotopic (exact) mass is 448 g/mol. The Morgan fingerprint density at radius 3 is 2.72 bits per heavy atom. The summed E-state index contributed by atoms with van der Waals surface area (Å²) in [6.07, 6.45) is -4.71. The minimum Gasteiger partial charge on any atom is -0.491 e. The van der Waals surface area contributed by atoms with Gasteiger partial charge in [-0.15, -0.1) is 0 Å². The Bertz CT molecular complexity index is 1190. The minimum absolute atomic E-state index is 0.0778. The number of aliphatic hydroxyl groups is 1. The van der Waals surface area contributed by atoms with Crippen LogP contribution in [-0.2, 0) is 11.0 Å². The summed E-state index contributed by atoms with van der Waals surface area (Å²) < 4.78 is 48.1. The average molecular weight is 448 g/mol. The van der Waals surface area contributed by atoms with Crippen molar-refractivity contribution in [2.24, 2.45) is 5.73 Å². The molecule has 168 valence electrons. The maximum absolute atomic E-state index is 13.8. The van der Waals surface area contributed by atoms with E-state index in [1.165, 1.54) is 24.0 Å². The lowest BCUT2D eigenvalue weighted by molar-refractivity contribution is -0.139. The van der Waals surface area contributed by atoms with Crippen LogP contribution in [0.3, 0.4) is 0 Å². The molecule has 2 amide bonds. The molecule has 2 aliphatic heterocycles. The molecule has 1 fully saturated rings. The van der Waals surface area contributed by atoms with Crippen molar-refractivity contribution in [1.29, 1.82) is 0 Å². The summed E-state index contributed by atoms with van der Waals surface area (Å²) in [5, 5.41) is 14.3. The van der Waals surface area contributed by atoms with Gasteiger partial charge in [0.25, 0.3) is 11.8 Å². The number of likely N-dealkylation sites (tertiary alicyclic amines) is 1. The first-order chi connectivity index (χ1) is 14.9. The largest absolute Gasteiger partial charge is 0.491 e. The second kappa shape index (κ2) is 7.27. The average Bonchev–Trinajstić information content (AvgIpc) is 3.21. The summed E-state index contributed by atoms with van der Waals surface area (Å²) in [5.74, 6) is 2.94. The second-order valence-electron chi connectivity index (χ2n) is 7.86. The highest BCUT2D eigenvalue weighted by Crippen LogP contribution is 2.41. The fourth-order valence-corrected chi connectivity index (χ4v) is 3.84. The smallest absolute Gasteiger partial charge is 0.420 e. The number of hydrogen-bond acceptors (Lipinski definition) is 5. The number of rotatable bonds is 1. The SMILES string of the molecule is CC1COc2ccc(C#CC3(O)CCN(C)C3=O)cc2-n2nc(C(N)=O)c(C(F)(F)F)c21. The Kier molecular flexibility index (Phi) is 4.93. The van der Waals surface area contributed by atoms with Crippen LogP contribution in [0.1, 0.15) is 46.6 Å². The quantitative estimate of drug-likeness (QED) is 0.642. The Morgan fingerprint density at radius 2 is 2.12 bits per heavy atom. The van der Waals surface area contributed by atoms with Crippen molar-refractivity contribution < 1.29 is 32.6 Å². The Balaban J connectivity index is 1.86. The van der Waals surface area contributed by atoms with Crippen molar-refractivity contribution in [3.8, 4) is 23.3 Å². The molecule has 2 unspecified atom stereocenters. The van der Waals surface area contributed by atoms with Gasteiger partial charge in [-0.25, -0.2) is 4.68 Å². The number of aromatic nitrogens is 2. The third kappa shape index (κ3) is 3.46. The van der Waals surface area contributed by atoms with Crippen LogP contribution in [0.5, 0.6) is 5.75 Å². The molecular formula is C21H19F3N4O4. The maximum atomic E-state index is 13.8. The highest BCUT2D eigenvalue weighted by Gasteiger charge is 2.44. The molecule has 3 heterocycles. The van der Waals surface area contributed by atoms with Gasteiger partial charge in [0.1, 0.15) is 17.0 Å². The number of primary amides is 1. The van der Waals surface area contributed by atoms with E-state index in [2.05, 4.69) is 16.9 Å². The van der Waals surface area contributed by atoms with Crippen LogP contribution in [0.2, 0.25) is 0 Å². The molecule has 0 spiro atoms. The normalized spacial score (nSPS) is 22.4. The van der Waals surface area contributed by atoms with Crippen molar-refractivity contribution in [3.63, 3.8) is 0 Å². The van der Waals surface area contributed by atoms with Gasteiger partial charge in [-0.2, -0.15) is 18.3 Å². The van der Waals surface area contributed by atoms with Gasteiger partial charge in [-0.1, -0.05) is 18.8 Å². The number of alkyl halides is 3. The zero-order chi connectivity index (χ0) is 23.4. The van der Waals surface area contributed by atoms with E-state index in [4.69, 9.17) is 10.5 Å². The van der Waals surface area contributed by atoms with E-state index < -0.39 is 40.8 Å². The molecule has 0 saturated carbocycles. The molecule has 0 aliphatic carbocycles. The summed E-state index contributed by atoms with van der Waals surface area (Å²) in [7, 11) is 1.55. The number of hydrogen-bond donors (Lipinski definition) is 2. The van der Waals surface area contributed by atoms with E-state index in [0.29, 0.717) is 12.1 Å². The summed E-state index contributed by atoms with van der Waals surface area (Å²) >= 11 is 0. The summed E-state index contributed by atoms with van der Waals surface area (Å²) in [5.41, 5.74) is 1.48. The first kappa shape index (κ1) is 21.7. The molecule has 8 nitrogen and oxygen atoms in total. The van der Waals surface area contributed by atoms with Crippen LogP contribution in [0.4, 0.5) is 13.2 Å². The zero-order valence-electron chi connectivity index (χ0n) is 17.2. The van der Waals surface area contributed by atoms with Gasteiger partial charge in [0, 0.05) is 31.5 Å². The van der Waals surface area contributed by atoms with Gasteiger partial charge in [0.2, 0.25) is 5.60 Å². The molecule has 1 aromatic heterocycles. The van der Waals surface area contributed by atoms with Crippen molar-refractivity contribution in [3.05, 3.63) is 40.7 Å². The Morgan fingerprint density at radius 1 is 1.41 bits per heavy atom. The van der Waals surface area contributed by atoms with Gasteiger partial charge in [-0.3, -0.25) is 9.59 Å². The Labute approximate surface area is 180 Å². The number of amides is 2. The number of fused-ring (bicyclic) bond motifs is 3. The van der Waals surface area contributed by atoms with Crippen LogP contribution in [0, 0.1) is 11.8 Å². The molecule has 4 rings (SSSR count). The van der Waals surface area contributed by atoms with Crippen molar-refractivity contribution in [1.82, 2.24) is 14.7 Å². The lowest BCUT2D eigenvalue weighted by Gasteiger charge is -2.14.